The molecule has 3 amide bonds. The highest BCUT2D eigenvalue weighted by atomic mass is 35.5. The molecule has 2 fully saturated rings. The summed E-state index contributed by atoms with van der Waals surface area (Å²) in [6.45, 7) is 1.60. The van der Waals surface area contributed by atoms with Gasteiger partial charge in [-0.05, 0) is 67.6 Å². The Morgan fingerprint density at radius 3 is 2.39 bits per heavy atom. The minimum atomic E-state index is -0.701. The summed E-state index contributed by atoms with van der Waals surface area (Å²) in [5.41, 5.74) is 1.05. The molecule has 0 unspecified atom stereocenters. The van der Waals surface area contributed by atoms with Gasteiger partial charge in [0.2, 0.25) is 11.8 Å². The number of fused-ring (bicyclic) bond motifs is 1. The number of hydrogen-bond acceptors (Lipinski definition) is 5. The fourth-order valence-electron chi connectivity index (χ4n) is 4.38. The zero-order valence-corrected chi connectivity index (χ0v) is 19.4. The standard InChI is InChI=1S/C24H22Cl2N2O5/c1-13-2-8-17-18(10-13)23(31)28(22(17)30)16-6-3-14(4-7-16)24(32)33-12-21(29)27-15-5-9-19(25)20(26)11-15/h3-7,9,11,13,17-18H,2,8,10,12H2,1H3,(H,27,29)/t13-,17-,18-/m1/s1. The maximum absolute atomic E-state index is 12.8. The number of anilines is 2. The van der Waals surface area contributed by atoms with E-state index in [-0.39, 0.29) is 34.2 Å². The van der Waals surface area contributed by atoms with Crippen LogP contribution in [0.4, 0.5) is 11.4 Å². The number of carbonyl (C=O) groups excluding carboxylic acids is 4. The van der Waals surface area contributed by atoms with Gasteiger partial charge >= 0.3 is 5.97 Å². The smallest absolute Gasteiger partial charge is 0.338 e. The molecule has 33 heavy (non-hydrogen) atoms. The molecular formula is C24H22Cl2N2O5. The summed E-state index contributed by atoms with van der Waals surface area (Å²) < 4.78 is 5.06. The molecule has 0 bridgehead atoms. The predicted molar refractivity (Wildman–Crippen MR) is 124 cm³/mol. The molecule has 7 nitrogen and oxygen atoms in total. The van der Waals surface area contributed by atoms with Gasteiger partial charge in [0.05, 0.1) is 33.1 Å². The van der Waals surface area contributed by atoms with Crippen LogP contribution in [0.15, 0.2) is 42.5 Å². The summed E-state index contributed by atoms with van der Waals surface area (Å²) in [6.07, 6.45) is 2.39. The maximum Gasteiger partial charge on any atom is 0.338 e. The van der Waals surface area contributed by atoms with Gasteiger partial charge in [0.25, 0.3) is 5.91 Å². The van der Waals surface area contributed by atoms with Gasteiger partial charge in [0, 0.05) is 5.69 Å². The molecule has 1 aliphatic carbocycles. The molecule has 9 heteroatoms. The second-order valence-electron chi connectivity index (χ2n) is 8.44. The third-order valence-corrected chi connectivity index (χ3v) is 6.83. The number of benzene rings is 2. The van der Waals surface area contributed by atoms with Gasteiger partial charge in [-0.15, -0.1) is 0 Å². The van der Waals surface area contributed by atoms with Gasteiger partial charge in [-0.1, -0.05) is 30.1 Å². The number of hydrogen-bond donors (Lipinski definition) is 1. The summed E-state index contributed by atoms with van der Waals surface area (Å²) >= 11 is 11.7. The van der Waals surface area contributed by atoms with Crippen LogP contribution in [-0.2, 0) is 19.1 Å². The molecule has 1 aliphatic heterocycles. The van der Waals surface area contributed by atoms with Gasteiger partial charge in [-0.25, -0.2) is 4.79 Å². The van der Waals surface area contributed by atoms with Crippen molar-refractivity contribution in [3.63, 3.8) is 0 Å². The summed E-state index contributed by atoms with van der Waals surface area (Å²) in [5.74, 6) is -1.69. The molecule has 2 aliphatic rings. The molecule has 0 aromatic heterocycles. The third kappa shape index (κ3) is 4.89. The Bertz CT molecular complexity index is 1120. The zero-order chi connectivity index (χ0) is 23.7. The predicted octanol–water partition coefficient (Wildman–Crippen LogP) is 4.71. The van der Waals surface area contributed by atoms with Crippen LogP contribution in [0.5, 0.6) is 0 Å². The van der Waals surface area contributed by atoms with E-state index in [2.05, 4.69) is 12.2 Å². The molecule has 172 valence electrons. The van der Waals surface area contributed by atoms with Crippen LogP contribution in [0.1, 0.15) is 36.5 Å². The Morgan fingerprint density at radius 1 is 1.00 bits per heavy atom. The fraction of sp³-hybridized carbons (Fsp3) is 0.333. The molecular weight excluding hydrogens is 467 g/mol. The summed E-state index contributed by atoms with van der Waals surface area (Å²) in [6, 6.07) is 10.6. The maximum atomic E-state index is 12.8. The van der Waals surface area contributed by atoms with E-state index < -0.39 is 18.5 Å². The van der Waals surface area contributed by atoms with Crippen LogP contribution in [0, 0.1) is 17.8 Å². The summed E-state index contributed by atoms with van der Waals surface area (Å²) in [5, 5.41) is 3.20. The van der Waals surface area contributed by atoms with Crippen LogP contribution in [-0.4, -0.2) is 30.3 Å². The lowest BCUT2D eigenvalue weighted by molar-refractivity contribution is -0.122. The highest BCUT2D eigenvalue weighted by Gasteiger charge is 2.49. The number of carbonyl (C=O) groups is 4. The molecule has 1 saturated carbocycles. The van der Waals surface area contributed by atoms with E-state index in [0.717, 1.165) is 19.3 Å². The summed E-state index contributed by atoms with van der Waals surface area (Å²) in [4.78, 5) is 51.2. The van der Waals surface area contributed by atoms with Crippen molar-refractivity contribution in [2.45, 2.75) is 26.2 Å². The quantitative estimate of drug-likeness (QED) is 0.485. The van der Waals surface area contributed by atoms with E-state index in [1.165, 1.54) is 23.1 Å². The number of amides is 3. The van der Waals surface area contributed by atoms with Gasteiger partial charge in [0.15, 0.2) is 6.61 Å². The van der Waals surface area contributed by atoms with E-state index in [1.807, 2.05) is 0 Å². The Morgan fingerprint density at radius 2 is 1.70 bits per heavy atom. The minimum absolute atomic E-state index is 0.175. The summed E-state index contributed by atoms with van der Waals surface area (Å²) in [7, 11) is 0. The lowest BCUT2D eigenvalue weighted by Gasteiger charge is -2.25. The Kier molecular flexibility index (Phi) is 6.72. The van der Waals surface area contributed by atoms with Crippen molar-refractivity contribution in [1.82, 2.24) is 0 Å². The number of imide groups is 1. The van der Waals surface area contributed by atoms with Crippen molar-refractivity contribution in [1.29, 1.82) is 0 Å². The first-order valence-electron chi connectivity index (χ1n) is 10.6. The molecule has 1 heterocycles. The van der Waals surface area contributed by atoms with Crippen LogP contribution in [0.3, 0.4) is 0 Å². The van der Waals surface area contributed by atoms with E-state index in [4.69, 9.17) is 27.9 Å². The van der Waals surface area contributed by atoms with Gasteiger partial charge in [-0.3, -0.25) is 19.3 Å². The van der Waals surface area contributed by atoms with E-state index in [0.29, 0.717) is 22.3 Å². The van der Waals surface area contributed by atoms with Crippen LogP contribution in [0.25, 0.3) is 0 Å². The first-order valence-corrected chi connectivity index (χ1v) is 11.4. The van der Waals surface area contributed by atoms with Gasteiger partial charge in [-0.2, -0.15) is 0 Å². The highest BCUT2D eigenvalue weighted by molar-refractivity contribution is 6.42. The minimum Gasteiger partial charge on any atom is -0.452 e. The molecule has 3 atom stereocenters. The van der Waals surface area contributed by atoms with E-state index in [1.54, 1.807) is 24.3 Å². The van der Waals surface area contributed by atoms with E-state index in [9.17, 15) is 19.2 Å². The Hall–Kier alpha value is -2.90. The van der Waals surface area contributed by atoms with Crippen molar-refractivity contribution in [3.8, 4) is 0 Å². The van der Waals surface area contributed by atoms with Crippen molar-refractivity contribution in [2.75, 3.05) is 16.8 Å². The van der Waals surface area contributed by atoms with Gasteiger partial charge in [0.1, 0.15) is 0 Å². The topological polar surface area (TPSA) is 92.8 Å². The number of nitrogens with zero attached hydrogens (tertiary/aromatic N) is 1. The average Bonchev–Trinajstić information content (AvgIpc) is 3.04. The van der Waals surface area contributed by atoms with Crippen molar-refractivity contribution >= 4 is 58.3 Å². The van der Waals surface area contributed by atoms with Crippen LogP contribution < -0.4 is 10.2 Å². The Balaban J connectivity index is 1.35. The monoisotopic (exact) mass is 488 g/mol. The highest BCUT2D eigenvalue weighted by Crippen LogP contribution is 2.42. The molecule has 0 spiro atoms. The van der Waals surface area contributed by atoms with Crippen LogP contribution in [0.2, 0.25) is 10.0 Å². The van der Waals surface area contributed by atoms with Crippen molar-refractivity contribution in [2.24, 2.45) is 17.8 Å². The lowest BCUT2D eigenvalue weighted by atomic mass is 9.76. The van der Waals surface area contributed by atoms with Gasteiger partial charge < -0.3 is 10.1 Å². The number of rotatable bonds is 5. The van der Waals surface area contributed by atoms with E-state index >= 15 is 0 Å². The first kappa shape index (κ1) is 23.3. The van der Waals surface area contributed by atoms with Crippen LogP contribution >= 0.6 is 23.2 Å². The molecule has 1 saturated heterocycles. The molecule has 2 aromatic rings. The normalized spacial score (nSPS) is 22.2. The molecule has 4 rings (SSSR count). The largest absolute Gasteiger partial charge is 0.452 e. The number of ether oxygens (including phenoxy) is 1. The van der Waals surface area contributed by atoms with Crippen molar-refractivity contribution < 1.29 is 23.9 Å². The third-order valence-electron chi connectivity index (χ3n) is 6.09. The molecule has 1 N–H and O–H groups in total. The number of esters is 1. The zero-order valence-electron chi connectivity index (χ0n) is 17.8. The Labute approximate surface area is 201 Å². The molecule has 0 radical (unpaired) electrons. The lowest BCUT2D eigenvalue weighted by Crippen LogP contribution is -2.30. The molecule has 2 aromatic carbocycles. The number of nitrogens with one attached hydrogen (secondary N) is 1. The van der Waals surface area contributed by atoms with Crippen molar-refractivity contribution in [3.05, 3.63) is 58.1 Å². The number of halogens is 2. The second kappa shape index (κ2) is 9.53. The SMILES string of the molecule is C[C@@H]1CC[C@H]2C(=O)N(c3ccc(C(=O)OCC(=O)Nc4ccc(Cl)c(Cl)c4)cc3)C(=O)[C@@H]2C1. The fourth-order valence-corrected chi connectivity index (χ4v) is 4.67. The average molecular weight is 489 g/mol. The first-order chi connectivity index (χ1) is 15.7. The second-order valence-corrected chi connectivity index (χ2v) is 9.26.